The van der Waals surface area contributed by atoms with E-state index < -0.39 is 5.97 Å². The second-order valence-electron chi connectivity index (χ2n) is 6.06. The molecule has 0 aromatic heterocycles. The van der Waals surface area contributed by atoms with E-state index in [2.05, 4.69) is 5.32 Å². The van der Waals surface area contributed by atoms with Crippen LogP contribution >= 0.6 is 0 Å². The van der Waals surface area contributed by atoms with E-state index in [0.717, 1.165) is 35.4 Å². The lowest BCUT2D eigenvalue weighted by Gasteiger charge is -2.14. The fourth-order valence-electron chi connectivity index (χ4n) is 2.71. The molecule has 0 saturated carbocycles. The molecule has 28 heavy (non-hydrogen) atoms. The van der Waals surface area contributed by atoms with Gasteiger partial charge in [0.25, 0.3) is 5.91 Å². The summed E-state index contributed by atoms with van der Waals surface area (Å²) < 4.78 is 15.7. The number of aryl methyl sites for hydroxylation is 2. The fraction of sp³-hybridized carbons (Fsp3) is 0.364. The molecule has 0 spiro atoms. The van der Waals surface area contributed by atoms with E-state index >= 15 is 0 Å². The summed E-state index contributed by atoms with van der Waals surface area (Å²) in [5.41, 5.74) is 2.91. The van der Waals surface area contributed by atoms with Crippen LogP contribution in [0.3, 0.4) is 0 Å². The van der Waals surface area contributed by atoms with E-state index in [1.54, 1.807) is 24.3 Å². The summed E-state index contributed by atoms with van der Waals surface area (Å²) in [6.45, 7) is 5.92. The SMILES string of the molecule is CCOc1ccc(OCC(=O)OCC(=O)Nc2c(CC)cccc2CC)cc1. The Morgan fingerprint density at radius 1 is 0.821 bits per heavy atom. The molecule has 0 aliphatic carbocycles. The third kappa shape index (κ3) is 6.30. The zero-order valence-corrected chi connectivity index (χ0v) is 16.6. The Hall–Kier alpha value is -3.02. The standard InChI is InChI=1S/C22H27NO5/c1-4-16-8-7-9-17(5-2)22(16)23-20(24)14-28-21(25)15-27-19-12-10-18(11-13-19)26-6-3/h7-13H,4-6,14-15H2,1-3H3,(H,23,24). The van der Waals surface area contributed by atoms with Crippen molar-refractivity contribution in [1.82, 2.24) is 0 Å². The summed E-state index contributed by atoms with van der Waals surface area (Å²) >= 11 is 0. The monoisotopic (exact) mass is 385 g/mol. The molecule has 150 valence electrons. The van der Waals surface area contributed by atoms with E-state index in [1.165, 1.54) is 0 Å². The number of amides is 1. The lowest BCUT2D eigenvalue weighted by Crippen LogP contribution is -2.24. The van der Waals surface area contributed by atoms with Gasteiger partial charge in [0.1, 0.15) is 11.5 Å². The summed E-state index contributed by atoms with van der Waals surface area (Å²) in [7, 11) is 0. The first-order valence-corrected chi connectivity index (χ1v) is 9.49. The van der Waals surface area contributed by atoms with Crippen LogP contribution in [0.15, 0.2) is 42.5 Å². The Labute approximate surface area is 165 Å². The molecule has 1 N–H and O–H groups in total. The number of rotatable bonds is 10. The van der Waals surface area contributed by atoms with Gasteiger partial charge in [0.05, 0.1) is 6.61 Å². The summed E-state index contributed by atoms with van der Waals surface area (Å²) in [5, 5.41) is 2.86. The van der Waals surface area contributed by atoms with Crippen LogP contribution in [-0.2, 0) is 27.2 Å². The van der Waals surface area contributed by atoms with Crippen molar-refractivity contribution >= 4 is 17.6 Å². The second kappa shape index (κ2) is 11.0. The number of hydrogen-bond acceptors (Lipinski definition) is 5. The molecule has 0 saturated heterocycles. The first-order chi connectivity index (χ1) is 13.6. The van der Waals surface area contributed by atoms with E-state index in [0.29, 0.717) is 12.4 Å². The van der Waals surface area contributed by atoms with Crippen LogP contribution in [-0.4, -0.2) is 31.7 Å². The first kappa shape index (κ1) is 21.3. The second-order valence-corrected chi connectivity index (χ2v) is 6.06. The number of hydrogen-bond donors (Lipinski definition) is 1. The van der Waals surface area contributed by atoms with Crippen molar-refractivity contribution in [2.45, 2.75) is 33.6 Å². The van der Waals surface area contributed by atoms with E-state index in [9.17, 15) is 9.59 Å². The third-order valence-electron chi connectivity index (χ3n) is 4.12. The van der Waals surface area contributed by atoms with Crippen molar-refractivity contribution in [3.63, 3.8) is 0 Å². The summed E-state index contributed by atoms with van der Waals surface area (Å²) in [6.07, 6.45) is 1.61. The van der Waals surface area contributed by atoms with Crippen LogP contribution in [0.5, 0.6) is 11.5 Å². The number of benzene rings is 2. The highest BCUT2D eigenvalue weighted by Gasteiger charge is 2.12. The van der Waals surface area contributed by atoms with Crippen molar-refractivity contribution in [1.29, 1.82) is 0 Å². The highest BCUT2D eigenvalue weighted by molar-refractivity contribution is 5.94. The average molecular weight is 385 g/mol. The molecule has 2 aromatic carbocycles. The van der Waals surface area contributed by atoms with Crippen LogP contribution < -0.4 is 14.8 Å². The largest absolute Gasteiger partial charge is 0.494 e. The molecule has 0 radical (unpaired) electrons. The van der Waals surface area contributed by atoms with Gasteiger partial charge in [-0.25, -0.2) is 4.79 Å². The number of para-hydroxylation sites is 1. The smallest absolute Gasteiger partial charge is 0.344 e. The van der Waals surface area contributed by atoms with Gasteiger partial charge < -0.3 is 19.5 Å². The van der Waals surface area contributed by atoms with Crippen LogP contribution in [0.1, 0.15) is 31.9 Å². The van der Waals surface area contributed by atoms with Gasteiger partial charge in [-0.1, -0.05) is 32.0 Å². The molecular formula is C22H27NO5. The number of nitrogens with one attached hydrogen (secondary N) is 1. The van der Waals surface area contributed by atoms with Crippen LogP contribution in [0.2, 0.25) is 0 Å². The molecule has 2 rings (SSSR count). The number of anilines is 1. The molecule has 0 aliphatic heterocycles. The van der Waals surface area contributed by atoms with Gasteiger partial charge in [-0.05, 0) is 55.2 Å². The Balaban J connectivity index is 1.80. The summed E-state index contributed by atoms with van der Waals surface area (Å²) in [4.78, 5) is 24.0. The van der Waals surface area contributed by atoms with Crippen molar-refractivity contribution in [2.75, 3.05) is 25.1 Å². The number of esters is 1. The van der Waals surface area contributed by atoms with E-state index in [1.807, 2.05) is 39.0 Å². The molecule has 0 bridgehead atoms. The van der Waals surface area contributed by atoms with Gasteiger partial charge in [-0.3, -0.25) is 4.79 Å². The molecule has 6 nitrogen and oxygen atoms in total. The minimum absolute atomic E-state index is 0.271. The molecule has 0 atom stereocenters. The molecule has 0 heterocycles. The van der Waals surface area contributed by atoms with Gasteiger partial charge in [0.2, 0.25) is 0 Å². The van der Waals surface area contributed by atoms with Gasteiger partial charge in [-0.2, -0.15) is 0 Å². The molecule has 0 unspecified atom stereocenters. The van der Waals surface area contributed by atoms with Gasteiger partial charge >= 0.3 is 5.97 Å². The Kier molecular flexibility index (Phi) is 8.34. The zero-order chi connectivity index (χ0) is 20.4. The van der Waals surface area contributed by atoms with Gasteiger partial charge in [-0.15, -0.1) is 0 Å². The number of carbonyl (C=O) groups excluding carboxylic acids is 2. The van der Waals surface area contributed by atoms with Crippen molar-refractivity contribution < 1.29 is 23.8 Å². The van der Waals surface area contributed by atoms with Crippen LogP contribution in [0.4, 0.5) is 5.69 Å². The lowest BCUT2D eigenvalue weighted by atomic mass is 10.0. The quantitative estimate of drug-likeness (QED) is 0.630. The highest BCUT2D eigenvalue weighted by atomic mass is 16.6. The number of carbonyl (C=O) groups is 2. The lowest BCUT2D eigenvalue weighted by molar-refractivity contribution is -0.149. The fourth-order valence-corrected chi connectivity index (χ4v) is 2.71. The minimum Gasteiger partial charge on any atom is -0.494 e. The highest BCUT2D eigenvalue weighted by Crippen LogP contribution is 2.22. The van der Waals surface area contributed by atoms with E-state index in [4.69, 9.17) is 14.2 Å². The maximum atomic E-state index is 12.2. The maximum Gasteiger partial charge on any atom is 0.344 e. The van der Waals surface area contributed by atoms with Crippen molar-refractivity contribution in [2.24, 2.45) is 0 Å². The third-order valence-corrected chi connectivity index (χ3v) is 4.12. The molecule has 0 aliphatic rings. The predicted molar refractivity (Wildman–Crippen MR) is 108 cm³/mol. The van der Waals surface area contributed by atoms with Crippen molar-refractivity contribution in [3.05, 3.63) is 53.6 Å². The topological polar surface area (TPSA) is 73.9 Å². The Morgan fingerprint density at radius 3 is 1.93 bits per heavy atom. The molecule has 6 heteroatoms. The predicted octanol–water partition coefficient (Wildman–Crippen LogP) is 3.77. The first-order valence-electron chi connectivity index (χ1n) is 9.49. The van der Waals surface area contributed by atoms with Gasteiger partial charge in [0.15, 0.2) is 13.2 Å². The normalized spacial score (nSPS) is 10.2. The molecule has 1 amide bonds. The maximum absolute atomic E-state index is 12.2. The van der Waals surface area contributed by atoms with E-state index in [-0.39, 0.29) is 19.1 Å². The summed E-state index contributed by atoms with van der Waals surface area (Å²) in [6, 6.07) is 12.9. The summed E-state index contributed by atoms with van der Waals surface area (Å²) in [5.74, 6) is 0.274. The average Bonchev–Trinajstić information content (AvgIpc) is 2.72. The van der Waals surface area contributed by atoms with Crippen LogP contribution in [0.25, 0.3) is 0 Å². The minimum atomic E-state index is -0.608. The Bertz CT molecular complexity index is 764. The zero-order valence-electron chi connectivity index (χ0n) is 16.6. The Morgan fingerprint density at radius 2 is 1.39 bits per heavy atom. The molecular weight excluding hydrogens is 358 g/mol. The number of ether oxygens (including phenoxy) is 3. The van der Waals surface area contributed by atoms with Gasteiger partial charge in [0, 0.05) is 5.69 Å². The van der Waals surface area contributed by atoms with Crippen LogP contribution in [0, 0.1) is 0 Å². The molecule has 2 aromatic rings. The van der Waals surface area contributed by atoms with Crippen molar-refractivity contribution in [3.8, 4) is 11.5 Å². The molecule has 0 fully saturated rings.